The molecular weight excluding hydrogens is 642 g/mol. The van der Waals surface area contributed by atoms with E-state index in [0.717, 1.165) is 56.1 Å². The van der Waals surface area contributed by atoms with Crippen molar-refractivity contribution in [1.29, 1.82) is 0 Å². The number of carbonyl (C=O) groups is 1. The smallest absolute Gasteiger partial charge is 0.160 e. The highest BCUT2D eigenvalue weighted by atomic mass is 16.5. The number of fused-ring (bicyclic) bond motifs is 3. The Morgan fingerprint density at radius 1 is 0.961 bits per heavy atom. The number of phenolic OH excluding ortho intramolecular Hbond substituents is 3. The molecule has 0 radical (unpaired) electrons. The number of aliphatic hydroxyl groups is 2. The Kier molecular flexibility index (Phi) is 11.6. The van der Waals surface area contributed by atoms with Crippen LogP contribution in [0.2, 0.25) is 0 Å². The van der Waals surface area contributed by atoms with E-state index in [-0.39, 0.29) is 59.7 Å². The van der Waals surface area contributed by atoms with Gasteiger partial charge in [0.1, 0.15) is 5.78 Å². The first-order valence-electron chi connectivity index (χ1n) is 18.7. The van der Waals surface area contributed by atoms with Crippen molar-refractivity contribution in [3.8, 4) is 34.8 Å². The number of rotatable bonds is 10. The van der Waals surface area contributed by atoms with Crippen LogP contribution in [0.15, 0.2) is 60.7 Å². The molecular formula is C43H53NO7. The Labute approximate surface area is 301 Å². The molecule has 51 heavy (non-hydrogen) atoms. The minimum absolute atomic E-state index is 0.00617. The monoisotopic (exact) mass is 695 g/mol. The third-order valence-corrected chi connectivity index (χ3v) is 12.1. The van der Waals surface area contributed by atoms with Gasteiger partial charge in [-0.2, -0.15) is 0 Å². The largest absolute Gasteiger partial charge is 0.504 e. The first kappa shape index (κ1) is 36.8. The van der Waals surface area contributed by atoms with Crippen LogP contribution in [0.3, 0.4) is 0 Å². The van der Waals surface area contributed by atoms with Crippen LogP contribution in [-0.4, -0.2) is 57.1 Å². The number of piperidine rings is 1. The van der Waals surface area contributed by atoms with Gasteiger partial charge in [-0.1, -0.05) is 87.3 Å². The topological polar surface area (TPSA) is 139 Å². The molecule has 1 saturated heterocycles. The van der Waals surface area contributed by atoms with Crippen LogP contribution in [0, 0.1) is 35.5 Å². The normalized spacial score (nSPS) is 29.3. The van der Waals surface area contributed by atoms with Gasteiger partial charge in [-0.25, -0.2) is 0 Å². The van der Waals surface area contributed by atoms with Crippen LogP contribution in [-0.2, 0) is 23.2 Å². The lowest BCUT2D eigenvalue weighted by molar-refractivity contribution is -0.132. The van der Waals surface area contributed by atoms with Gasteiger partial charge in [0.25, 0.3) is 0 Å². The van der Waals surface area contributed by atoms with Crippen molar-refractivity contribution in [2.75, 3.05) is 13.7 Å². The van der Waals surface area contributed by atoms with Gasteiger partial charge < -0.3 is 35.6 Å². The number of hydrogen-bond acceptors (Lipinski definition) is 8. The number of ether oxygens (including phenoxy) is 1. The summed E-state index contributed by atoms with van der Waals surface area (Å²) in [5.74, 6) is 4.97. The van der Waals surface area contributed by atoms with E-state index in [1.54, 1.807) is 12.1 Å². The molecule has 8 nitrogen and oxygen atoms in total. The van der Waals surface area contributed by atoms with E-state index < -0.39 is 29.3 Å². The molecule has 3 aromatic carbocycles. The molecule has 8 atom stereocenters. The molecule has 272 valence electrons. The number of unbranched alkanes of at least 4 members (excludes halogenated alkanes) is 2. The summed E-state index contributed by atoms with van der Waals surface area (Å²) in [6.45, 7) is 2.35. The summed E-state index contributed by atoms with van der Waals surface area (Å²) >= 11 is 0. The maximum atomic E-state index is 15.0. The lowest BCUT2D eigenvalue weighted by Crippen LogP contribution is -2.66. The number of hydrogen-bond donors (Lipinski definition) is 6. The van der Waals surface area contributed by atoms with E-state index in [1.807, 2.05) is 24.3 Å². The molecule has 0 aromatic heterocycles. The fraction of sp³-hybridized carbons (Fsp3) is 0.512. The minimum atomic E-state index is -0.995. The van der Waals surface area contributed by atoms with Gasteiger partial charge in [0, 0.05) is 54.0 Å². The summed E-state index contributed by atoms with van der Waals surface area (Å²) in [4.78, 5) is 15.0. The lowest BCUT2D eigenvalue weighted by atomic mass is 9.51. The highest BCUT2D eigenvalue weighted by molar-refractivity contribution is 5.83. The fourth-order valence-electron chi connectivity index (χ4n) is 9.54. The van der Waals surface area contributed by atoms with Crippen molar-refractivity contribution in [2.45, 2.75) is 101 Å². The molecule has 2 fully saturated rings. The van der Waals surface area contributed by atoms with Gasteiger partial charge in [-0.3, -0.25) is 4.79 Å². The molecule has 2 aliphatic carbocycles. The highest BCUT2D eigenvalue weighted by Crippen LogP contribution is 2.54. The van der Waals surface area contributed by atoms with Crippen LogP contribution < -0.4 is 10.1 Å². The molecule has 0 unspecified atom stereocenters. The van der Waals surface area contributed by atoms with Crippen LogP contribution in [0.1, 0.15) is 92.9 Å². The van der Waals surface area contributed by atoms with Crippen molar-refractivity contribution < 1.29 is 35.1 Å². The number of aliphatic hydroxyl groups excluding tert-OH is 2. The van der Waals surface area contributed by atoms with Crippen LogP contribution in [0.5, 0.6) is 23.0 Å². The zero-order valence-electron chi connectivity index (χ0n) is 29.9. The average Bonchev–Trinajstić information content (AvgIpc) is 3.14. The van der Waals surface area contributed by atoms with Crippen LogP contribution in [0.25, 0.3) is 0 Å². The van der Waals surface area contributed by atoms with E-state index >= 15 is 0 Å². The number of nitrogens with one attached hydrogen (secondary N) is 1. The number of aromatic hydroxyl groups is 3. The predicted octanol–water partition coefficient (Wildman–Crippen LogP) is 6.50. The summed E-state index contributed by atoms with van der Waals surface area (Å²) in [6.07, 6.45) is 6.55. The number of phenols is 3. The lowest BCUT2D eigenvalue weighted by Gasteiger charge is -2.57. The second-order valence-corrected chi connectivity index (χ2v) is 14.9. The van der Waals surface area contributed by atoms with Gasteiger partial charge >= 0.3 is 0 Å². The highest BCUT2D eigenvalue weighted by Gasteiger charge is 2.57. The molecule has 0 bridgehead atoms. The summed E-state index contributed by atoms with van der Waals surface area (Å²) in [5, 5.41) is 58.8. The van der Waals surface area contributed by atoms with Gasteiger partial charge in [0.15, 0.2) is 23.0 Å². The van der Waals surface area contributed by atoms with Gasteiger partial charge in [-0.05, 0) is 72.2 Å². The first-order chi connectivity index (χ1) is 24.7. The number of Topliss-reactive ketones (excluding diaryl/α,β-unsaturated/α-hetero) is 1. The number of benzene rings is 3. The molecule has 3 aromatic rings. The Morgan fingerprint density at radius 2 is 1.76 bits per heavy atom. The van der Waals surface area contributed by atoms with E-state index in [1.165, 1.54) is 19.2 Å². The molecule has 0 amide bonds. The Morgan fingerprint density at radius 3 is 2.49 bits per heavy atom. The van der Waals surface area contributed by atoms with Gasteiger partial charge in [0.2, 0.25) is 0 Å². The quantitative estimate of drug-likeness (QED) is 0.0804. The second-order valence-electron chi connectivity index (χ2n) is 14.9. The van der Waals surface area contributed by atoms with Crippen molar-refractivity contribution in [1.82, 2.24) is 5.32 Å². The fourth-order valence-corrected chi connectivity index (χ4v) is 9.54. The summed E-state index contributed by atoms with van der Waals surface area (Å²) in [6, 6.07) is 18.4. The van der Waals surface area contributed by atoms with Crippen LogP contribution >= 0.6 is 0 Å². The third kappa shape index (κ3) is 7.35. The molecule has 3 aliphatic rings. The molecule has 6 N–H and O–H groups in total. The number of ketones is 1. The number of carbonyl (C=O) groups excluding carboxylic acids is 1. The summed E-state index contributed by atoms with van der Waals surface area (Å²) < 4.78 is 5.52. The van der Waals surface area contributed by atoms with Crippen LogP contribution in [0.4, 0.5) is 0 Å². The van der Waals surface area contributed by atoms with Crippen molar-refractivity contribution in [2.24, 2.45) is 23.7 Å². The Balaban J connectivity index is 1.56. The second kappa shape index (κ2) is 16.1. The van der Waals surface area contributed by atoms with E-state index in [9.17, 15) is 30.3 Å². The molecule has 1 heterocycles. The average molecular weight is 696 g/mol. The van der Waals surface area contributed by atoms with Gasteiger partial charge in [0.05, 0.1) is 19.8 Å². The predicted molar refractivity (Wildman–Crippen MR) is 197 cm³/mol. The molecule has 1 aliphatic heterocycles. The zero-order chi connectivity index (χ0) is 36.1. The van der Waals surface area contributed by atoms with Crippen molar-refractivity contribution >= 4 is 5.78 Å². The van der Waals surface area contributed by atoms with Crippen molar-refractivity contribution in [3.63, 3.8) is 0 Å². The maximum absolute atomic E-state index is 15.0. The van der Waals surface area contributed by atoms with Crippen molar-refractivity contribution in [3.05, 3.63) is 82.9 Å². The summed E-state index contributed by atoms with van der Waals surface area (Å²) in [7, 11) is 1.48. The molecule has 1 saturated carbocycles. The zero-order valence-corrected chi connectivity index (χ0v) is 29.9. The summed E-state index contributed by atoms with van der Waals surface area (Å²) in [5.41, 5.74) is 2.53. The number of methoxy groups -OCH3 is 1. The Bertz CT molecular complexity index is 1730. The Hall–Kier alpha value is -4.03. The van der Waals surface area contributed by atoms with E-state index in [0.29, 0.717) is 30.5 Å². The van der Waals surface area contributed by atoms with Gasteiger partial charge in [-0.15, -0.1) is 0 Å². The maximum Gasteiger partial charge on any atom is 0.160 e. The third-order valence-electron chi connectivity index (χ3n) is 12.1. The first-order valence-corrected chi connectivity index (χ1v) is 18.7. The standard InChI is InChI=1S/C43H53NO7/c1-3-4-6-13-32-36(47)23-33(34-24-39(51-2)38(49)21-30(34)26-45)28(20-27-11-7-5-8-12-27)15-16-29-25-44-40-14-9-10-19-43(40,41(29)42(32)50)31-17-18-35(46)37(48)22-31/h5,7-8,11-12,17-18,21-22,24,28-29,32-33,40-42,44-46,48-50H,3-4,6,9-10,13-14,19-20,23,25-26H2,1-2H3/t28-,29+,32-,33+,40-,41-,42-,43-/m0/s1. The SMILES string of the molecule is CCCCC[C@H]1C(=O)C[C@@H](c2cc(OC)c(O)cc2CO)[C@H](Cc2ccccc2)C#C[C@@H]2CN[C@H]3CCCC[C@@]3(c3ccc(O)c(O)c3)[C@@H]2[C@H]1O. The van der Waals surface area contributed by atoms with E-state index in [2.05, 4.69) is 36.2 Å². The molecule has 6 rings (SSSR count). The van der Waals surface area contributed by atoms with E-state index in [4.69, 9.17) is 4.74 Å². The molecule has 0 spiro atoms. The minimum Gasteiger partial charge on any atom is -0.504 e. The molecule has 8 heteroatoms.